The maximum Gasteiger partial charge on any atom is 0.269 e. The molecule has 1 heterocycles. The molecule has 7 heteroatoms. The smallest absolute Gasteiger partial charge is 0.269 e. The number of Topliss-reactive ketones (excluding diaryl/α,β-unsaturated/α-hetero) is 1. The second-order valence-electron chi connectivity index (χ2n) is 8.62. The first-order valence-corrected chi connectivity index (χ1v) is 9.75. The highest BCUT2D eigenvalue weighted by molar-refractivity contribution is 6.07. The SMILES string of the molecule is CC1(C)CC(=O)C2=C(C1)N(c1ccc(F)cc1)C(=O)CC2c1cccc([N+](=O)[O-])c1. The topological polar surface area (TPSA) is 80.5 Å². The molecule has 2 aromatic rings. The van der Waals surface area contributed by atoms with Crippen molar-refractivity contribution >= 4 is 23.1 Å². The Bertz CT molecular complexity index is 1090. The molecule has 30 heavy (non-hydrogen) atoms. The Morgan fingerprint density at radius 2 is 1.80 bits per heavy atom. The van der Waals surface area contributed by atoms with Gasteiger partial charge in [0.05, 0.1) is 4.92 Å². The lowest BCUT2D eigenvalue weighted by Crippen LogP contribution is -2.43. The second kappa shape index (κ2) is 7.16. The molecule has 0 fully saturated rings. The van der Waals surface area contributed by atoms with Gasteiger partial charge in [0.1, 0.15) is 5.82 Å². The maximum absolute atomic E-state index is 13.4. The van der Waals surface area contributed by atoms with E-state index in [1.807, 2.05) is 13.8 Å². The average molecular weight is 408 g/mol. The Kier molecular flexibility index (Phi) is 4.76. The number of rotatable bonds is 3. The van der Waals surface area contributed by atoms with Crippen LogP contribution in [-0.2, 0) is 9.59 Å². The molecule has 0 radical (unpaired) electrons. The minimum absolute atomic E-state index is 0.0174. The number of ketones is 1. The number of carbonyl (C=O) groups excluding carboxylic acids is 2. The number of anilines is 1. The molecule has 154 valence electrons. The molecular weight excluding hydrogens is 387 g/mol. The summed E-state index contributed by atoms with van der Waals surface area (Å²) in [5, 5.41) is 11.2. The molecule has 2 aromatic carbocycles. The summed E-state index contributed by atoms with van der Waals surface area (Å²) in [6.45, 7) is 3.94. The van der Waals surface area contributed by atoms with E-state index in [4.69, 9.17) is 0 Å². The van der Waals surface area contributed by atoms with Gasteiger partial charge in [-0.1, -0.05) is 26.0 Å². The molecule has 4 rings (SSSR count). The lowest BCUT2D eigenvalue weighted by Gasteiger charge is -2.42. The Hall–Kier alpha value is -3.35. The standard InChI is InChI=1S/C23H21FN2O4/c1-23(2)12-19-22(20(27)13-23)18(14-4-3-5-17(10-14)26(29)30)11-21(28)25(19)16-8-6-15(24)7-9-16/h3-10,18H,11-13H2,1-2H3. The highest BCUT2D eigenvalue weighted by Gasteiger charge is 2.44. The van der Waals surface area contributed by atoms with Crippen molar-refractivity contribution in [2.45, 2.75) is 39.0 Å². The first-order chi connectivity index (χ1) is 14.2. The summed E-state index contributed by atoms with van der Waals surface area (Å²) in [5.41, 5.74) is 1.81. The van der Waals surface area contributed by atoms with Gasteiger partial charge < -0.3 is 0 Å². The van der Waals surface area contributed by atoms with Crippen LogP contribution in [-0.4, -0.2) is 16.6 Å². The fraction of sp³-hybridized carbons (Fsp3) is 0.304. The lowest BCUT2D eigenvalue weighted by molar-refractivity contribution is -0.384. The number of nitro groups is 1. The van der Waals surface area contributed by atoms with Crippen LogP contribution in [0, 0.1) is 21.3 Å². The quantitative estimate of drug-likeness (QED) is 0.535. The zero-order chi connectivity index (χ0) is 21.6. The van der Waals surface area contributed by atoms with Crippen LogP contribution in [0.4, 0.5) is 15.8 Å². The van der Waals surface area contributed by atoms with E-state index < -0.39 is 16.7 Å². The van der Waals surface area contributed by atoms with Crippen LogP contribution in [0.3, 0.4) is 0 Å². The minimum atomic E-state index is -0.535. The van der Waals surface area contributed by atoms with Gasteiger partial charge >= 0.3 is 0 Å². The van der Waals surface area contributed by atoms with Gasteiger partial charge in [0.25, 0.3) is 5.69 Å². The third-order valence-corrected chi connectivity index (χ3v) is 5.71. The normalized spacial score (nSPS) is 20.9. The highest BCUT2D eigenvalue weighted by atomic mass is 19.1. The Morgan fingerprint density at radius 1 is 1.10 bits per heavy atom. The average Bonchev–Trinajstić information content (AvgIpc) is 2.67. The monoisotopic (exact) mass is 408 g/mol. The molecule has 0 saturated heterocycles. The first kappa shape index (κ1) is 19.9. The molecule has 1 atom stereocenters. The molecular formula is C23H21FN2O4. The predicted octanol–water partition coefficient (Wildman–Crippen LogP) is 4.90. The van der Waals surface area contributed by atoms with Crippen LogP contribution in [0.15, 0.2) is 59.8 Å². The molecule has 0 saturated carbocycles. The number of nitro benzene ring substituents is 1. The molecule has 0 spiro atoms. The minimum Gasteiger partial charge on any atom is -0.294 e. The molecule has 0 aromatic heterocycles. The molecule has 0 bridgehead atoms. The summed E-state index contributed by atoms with van der Waals surface area (Å²) in [6, 6.07) is 11.7. The molecule has 1 aliphatic heterocycles. The van der Waals surface area contributed by atoms with E-state index in [0.29, 0.717) is 35.4 Å². The van der Waals surface area contributed by atoms with Crippen molar-refractivity contribution in [2.75, 3.05) is 4.90 Å². The number of carbonyl (C=O) groups is 2. The van der Waals surface area contributed by atoms with Crippen LogP contribution in [0.2, 0.25) is 0 Å². The van der Waals surface area contributed by atoms with Crippen molar-refractivity contribution in [2.24, 2.45) is 5.41 Å². The zero-order valence-electron chi connectivity index (χ0n) is 16.7. The summed E-state index contributed by atoms with van der Waals surface area (Å²) in [6.07, 6.45) is 0.856. The summed E-state index contributed by atoms with van der Waals surface area (Å²) < 4.78 is 13.4. The molecule has 0 N–H and O–H groups in total. The number of benzene rings is 2. The summed E-state index contributed by atoms with van der Waals surface area (Å²) in [4.78, 5) is 38.6. The Morgan fingerprint density at radius 3 is 2.47 bits per heavy atom. The first-order valence-electron chi connectivity index (χ1n) is 9.75. The van der Waals surface area contributed by atoms with Gasteiger partial charge in [-0.25, -0.2) is 4.39 Å². The highest BCUT2D eigenvalue weighted by Crippen LogP contribution is 2.48. The van der Waals surface area contributed by atoms with Gasteiger partial charge in [0.15, 0.2) is 5.78 Å². The number of allylic oxidation sites excluding steroid dienone is 2. The van der Waals surface area contributed by atoms with E-state index in [9.17, 15) is 24.1 Å². The van der Waals surface area contributed by atoms with Gasteiger partial charge in [0, 0.05) is 47.8 Å². The second-order valence-corrected chi connectivity index (χ2v) is 8.62. The third kappa shape index (κ3) is 3.51. The van der Waals surface area contributed by atoms with E-state index in [1.165, 1.54) is 41.3 Å². The predicted molar refractivity (Wildman–Crippen MR) is 109 cm³/mol. The van der Waals surface area contributed by atoms with Crippen LogP contribution < -0.4 is 4.90 Å². The van der Waals surface area contributed by atoms with Crippen LogP contribution in [0.1, 0.15) is 44.6 Å². The number of amides is 1. The molecule has 1 aliphatic carbocycles. The van der Waals surface area contributed by atoms with Gasteiger partial charge in [0.2, 0.25) is 5.91 Å². The van der Waals surface area contributed by atoms with E-state index >= 15 is 0 Å². The number of nitrogens with zero attached hydrogens (tertiary/aromatic N) is 2. The van der Waals surface area contributed by atoms with Crippen LogP contribution in [0.5, 0.6) is 0 Å². The maximum atomic E-state index is 13.4. The number of hydrogen-bond donors (Lipinski definition) is 0. The number of halogens is 1. The Balaban J connectivity index is 1.89. The van der Waals surface area contributed by atoms with Gasteiger partial charge in [-0.2, -0.15) is 0 Å². The van der Waals surface area contributed by atoms with Crippen molar-refractivity contribution in [1.29, 1.82) is 0 Å². The largest absolute Gasteiger partial charge is 0.294 e. The summed E-state index contributed by atoms with van der Waals surface area (Å²) in [7, 11) is 0. The zero-order valence-corrected chi connectivity index (χ0v) is 16.7. The van der Waals surface area contributed by atoms with E-state index in [0.717, 1.165) is 0 Å². The third-order valence-electron chi connectivity index (χ3n) is 5.71. The van der Waals surface area contributed by atoms with Gasteiger partial charge in [-0.15, -0.1) is 0 Å². The van der Waals surface area contributed by atoms with E-state index in [-0.39, 0.29) is 29.2 Å². The number of hydrogen-bond acceptors (Lipinski definition) is 4. The fourth-order valence-corrected chi connectivity index (χ4v) is 4.44. The summed E-state index contributed by atoms with van der Waals surface area (Å²) in [5.74, 6) is -1.22. The summed E-state index contributed by atoms with van der Waals surface area (Å²) >= 11 is 0. The molecule has 1 amide bonds. The van der Waals surface area contributed by atoms with Crippen molar-refractivity contribution in [3.05, 3.63) is 81.3 Å². The number of non-ortho nitro benzene ring substituents is 1. The van der Waals surface area contributed by atoms with E-state index in [2.05, 4.69) is 0 Å². The molecule has 2 aliphatic rings. The van der Waals surface area contributed by atoms with Gasteiger partial charge in [-0.05, 0) is 41.7 Å². The van der Waals surface area contributed by atoms with Crippen LogP contribution >= 0.6 is 0 Å². The lowest BCUT2D eigenvalue weighted by atomic mass is 9.69. The van der Waals surface area contributed by atoms with Crippen molar-refractivity contribution in [3.63, 3.8) is 0 Å². The van der Waals surface area contributed by atoms with Crippen molar-refractivity contribution < 1.29 is 18.9 Å². The van der Waals surface area contributed by atoms with Crippen LogP contribution in [0.25, 0.3) is 0 Å². The van der Waals surface area contributed by atoms with Crippen molar-refractivity contribution in [1.82, 2.24) is 0 Å². The van der Waals surface area contributed by atoms with Crippen molar-refractivity contribution in [3.8, 4) is 0 Å². The fourth-order valence-electron chi connectivity index (χ4n) is 4.44. The Labute approximate surface area is 173 Å². The van der Waals surface area contributed by atoms with Gasteiger partial charge in [-0.3, -0.25) is 24.6 Å². The molecule has 1 unspecified atom stereocenters. The van der Waals surface area contributed by atoms with E-state index in [1.54, 1.807) is 12.1 Å². The molecule has 6 nitrogen and oxygen atoms in total.